The Labute approximate surface area is 160 Å². The molecule has 2 N–H and O–H groups in total. The highest BCUT2D eigenvalue weighted by atomic mass is 32.2. The first-order valence-corrected chi connectivity index (χ1v) is 10.6. The smallest absolute Gasteiger partial charge is 0.0343 e. The second kappa shape index (κ2) is 6.75. The summed E-state index contributed by atoms with van der Waals surface area (Å²) in [5, 5.41) is 0.636. The second-order valence-electron chi connectivity index (χ2n) is 7.79. The van der Waals surface area contributed by atoms with E-state index >= 15 is 0 Å². The van der Waals surface area contributed by atoms with Gasteiger partial charge >= 0.3 is 0 Å². The van der Waals surface area contributed by atoms with E-state index in [0.29, 0.717) is 23.0 Å². The summed E-state index contributed by atoms with van der Waals surface area (Å²) in [4.78, 5) is 1.58. The first-order valence-electron chi connectivity index (χ1n) is 9.73. The van der Waals surface area contributed by atoms with Gasteiger partial charge in [-0.25, -0.2) is 0 Å². The largest absolute Gasteiger partial charge is 0.324 e. The molecule has 0 amide bonds. The molecule has 5 aliphatic rings. The van der Waals surface area contributed by atoms with Crippen molar-refractivity contribution < 1.29 is 0 Å². The molecule has 0 spiro atoms. The van der Waals surface area contributed by atoms with Gasteiger partial charge in [0.2, 0.25) is 0 Å². The maximum Gasteiger partial charge on any atom is 0.0343 e. The summed E-state index contributed by atoms with van der Waals surface area (Å²) in [6.45, 7) is 0. The molecule has 5 rings (SSSR count). The van der Waals surface area contributed by atoms with Gasteiger partial charge in [-0.3, -0.25) is 0 Å². The molecule has 5 unspecified atom stereocenters. The number of allylic oxidation sites excluding steroid dienone is 12. The van der Waals surface area contributed by atoms with E-state index in [1.165, 1.54) is 23.1 Å². The van der Waals surface area contributed by atoms with Crippen LogP contribution < -0.4 is 5.73 Å². The third kappa shape index (κ3) is 2.86. The van der Waals surface area contributed by atoms with Gasteiger partial charge in [-0.1, -0.05) is 72.9 Å². The molecule has 0 bridgehead atoms. The molecule has 0 aromatic rings. The van der Waals surface area contributed by atoms with Gasteiger partial charge in [0.15, 0.2) is 0 Å². The summed E-state index contributed by atoms with van der Waals surface area (Å²) < 4.78 is 0. The lowest BCUT2D eigenvalue weighted by atomic mass is 9.76. The fraction of sp³-hybridized carbons (Fsp3) is 0.333. The Morgan fingerprint density at radius 1 is 0.923 bits per heavy atom. The van der Waals surface area contributed by atoms with E-state index in [0.717, 1.165) is 12.8 Å². The fourth-order valence-corrected chi connectivity index (χ4v) is 6.30. The lowest BCUT2D eigenvalue weighted by Gasteiger charge is -2.28. The zero-order valence-corrected chi connectivity index (χ0v) is 15.7. The van der Waals surface area contributed by atoms with Crippen molar-refractivity contribution in [2.75, 3.05) is 0 Å². The summed E-state index contributed by atoms with van der Waals surface area (Å²) in [6, 6.07) is 0.0971. The number of nitrogens with two attached hydrogens (primary N) is 1. The minimum atomic E-state index is 0.0971. The Kier molecular flexibility index (Phi) is 4.26. The van der Waals surface area contributed by atoms with Crippen LogP contribution in [0.4, 0.5) is 0 Å². The first-order chi connectivity index (χ1) is 12.8. The van der Waals surface area contributed by atoms with E-state index in [1.54, 1.807) is 4.91 Å². The van der Waals surface area contributed by atoms with Crippen molar-refractivity contribution in [2.45, 2.75) is 30.6 Å². The van der Waals surface area contributed by atoms with Crippen LogP contribution in [0.5, 0.6) is 0 Å². The van der Waals surface area contributed by atoms with Crippen LogP contribution in [0.2, 0.25) is 0 Å². The van der Waals surface area contributed by atoms with E-state index in [1.807, 2.05) is 0 Å². The average Bonchev–Trinajstić information content (AvgIpc) is 3.06. The van der Waals surface area contributed by atoms with Gasteiger partial charge < -0.3 is 5.73 Å². The highest BCUT2D eigenvalue weighted by Crippen LogP contribution is 2.53. The molecule has 5 atom stereocenters. The van der Waals surface area contributed by atoms with Gasteiger partial charge in [-0.15, -0.1) is 11.8 Å². The zero-order chi connectivity index (χ0) is 17.5. The van der Waals surface area contributed by atoms with E-state index in [4.69, 9.17) is 5.73 Å². The molecule has 132 valence electrons. The number of rotatable bonds is 2. The average molecular weight is 360 g/mol. The van der Waals surface area contributed by atoms with Crippen LogP contribution in [0.1, 0.15) is 19.3 Å². The second-order valence-corrected chi connectivity index (χ2v) is 9.04. The number of hydrogen-bond donors (Lipinski definition) is 1. The number of thioether (sulfide) groups is 1. The molecular weight excluding hydrogens is 334 g/mol. The quantitative estimate of drug-likeness (QED) is 0.715. The molecule has 0 aromatic carbocycles. The molecule has 1 heterocycles. The normalized spacial score (nSPS) is 37.5. The molecule has 1 fully saturated rings. The Hall–Kier alpha value is -1.77. The minimum absolute atomic E-state index is 0.0971. The summed E-state index contributed by atoms with van der Waals surface area (Å²) in [5.41, 5.74) is 10.8. The molecule has 1 saturated heterocycles. The maximum atomic E-state index is 6.33. The van der Waals surface area contributed by atoms with Gasteiger partial charge in [0.25, 0.3) is 0 Å². The van der Waals surface area contributed by atoms with Gasteiger partial charge in [-0.05, 0) is 40.9 Å². The van der Waals surface area contributed by atoms with Gasteiger partial charge in [0.05, 0.1) is 0 Å². The Bertz CT molecular complexity index is 845. The van der Waals surface area contributed by atoms with Crippen molar-refractivity contribution in [1.29, 1.82) is 0 Å². The van der Waals surface area contributed by atoms with Crippen molar-refractivity contribution >= 4 is 11.8 Å². The zero-order valence-electron chi connectivity index (χ0n) is 14.9. The highest BCUT2D eigenvalue weighted by molar-refractivity contribution is 8.04. The van der Waals surface area contributed by atoms with Crippen LogP contribution in [0.25, 0.3) is 0 Å². The van der Waals surface area contributed by atoms with Crippen LogP contribution in [-0.2, 0) is 0 Å². The SMILES string of the molecule is NC1C=CC=CC1C1=CCCC(C2=CC=C3SC4C=CC=CC4C3C2)=C1. The third-order valence-corrected chi connectivity index (χ3v) is 7.68. The first kappa shape index (κ1) is 16.4. The monoisotopic (exact) mass is 359 g/mol. The Balaban J connectivity index is 1.38. The molecule has 1 aliphatic heterocycles. The van der Waals surface area contributed by atoms with Gasteiger partial charge in [0, 0.05) is 29.0 Å². The predicted molar refractivity (Wildman–Crippen MR) is 113 cm³/mol. The minimum Gasteiger partial charge on any atom is -0.324 e. The lowest BCUT2D eigenvalue weighted by Crippen LogP contribution is -2.29. The summed E-state index contributed by atoms with van der Waals surface area (Å²) in [6.07, 6.45) is 30.8. The molecular formula is C24H25NS. The van der Waals surface area contributed by atoms with Crippen molar-refractivity contribution in [3.05, 3.63) is 94.5 Å². The third-order valence-electron chi connectivity index (χ3n) is 6.22. The van der Waals surface area contributed by atoms with Crippen LogP contribution >= 0.6 is 11.8 Å². The highest BCUT2D eigenvalue weighted by Gasteiger charge is 2.39. The number of fused-ring (bicyclic) bond motifs is 3. The molecule has 2 heteroatoms. The summed E-state index contributed by atoms with van der Waals surface area (Å²) in [7, 11) is 0. The van der Waals surface area contributed by atoms with Crippen molar-refractivity contribution in [3.63, 3.8) is 0 Å². The molecule has 1 nitrogen and oxygen atoms in total. The molecule has 26 heavy (non-hydrogen) atoms. The Morgan fingerprint density at radius 2 is 1.77 bits per heavy atom. The van der Waals surface area contributed by atoms with E-state index in [9.17, 15) is 0 Å². The number of hydrogen-bond acceptors (Lipinski definition) is 2. The standard InChI is InChI=1S/C24H25NS/c25-22-10-3-1-8-19(22)18-7-5-6-16(14-18)17-12-13-24-21(15-17)20-9-2-4-11-23(20)26-24/h1-4,7-14,19-23H,5-6,15,25H2. The van der Waals surface area contributed by atoms with E-state index < -0.39 is 0 Å². The van der Waals surface area contributed by atoms with Crippen LogP contribution in [0, 0.1) is 17.8 Å². The van der Waals surface area contributed by atoms with Crippen molar-refractivity contribution in [3.8, 4) is 0 Å². The summed E-state index contributed by atoms with van der Waals surface area (Å²) >= 11 is 2.07. The lowest BCUT2D eigenvalue weighted by molar-refractivity contribution is 0.490. The maximum absolute atomic E-state index is 6.33. The van der Waals surface area contributed by atoms with Crippen LogP contribution in [0.15, 0.2) is 94.5 Å². The Morgan fingerprint density at radius 3 is 2.69 bits per heavy atom. The molecule has 0 saturated carbocycles. The fourth-order valence-electron chi connectivity index (χ4n) is 4.81. The summed E-state index contributed by atoms with van der Waals surface area (Å²) in [5.74, 6) is 1.66. The van der Waals surface area contributed by atoms with Gasteiger partial charge in [0.1, 0.15) is 0 Å². The molecule has 4 aliphatic carbocycles. The van der Waals surface area contributed by atoms with Gasteiger partial charge in [-0.2, -0.15) is 0 Å². The van der Waals surface area contributed by atoms with E-state index in [-0.39, 0.29) is 6.04 Å². The van der Waals surface area contributed by atoms with Crippen molar-refractivity contribution in [2.24, 2.45) is 23.5 Å². The molecule has 0 radical (unpaired) electrons. The predicted octanol–water partition coefficient (Wildman–Crippen LogP) is 5.39. The van der Waals surface area contributed by atoms with E-state index in [2.05, 4.69) is 84.7 Å². The molecule has 0 aromatic heterocycles. The van der Waals surface area contributed by atoms with Crippen LogP contribution in [-0.4, -0.2) is 11.3 Å². The van der Waals surface area contributed by atoms with Crippen molar-refractivity contribution in [1.82, 2.24) is 0 Å². The van der Waals surface area contributed by atoms with Crippen LogP contribution in [0.3, 0.4) is 0 Å². The topological polar surface area (TPSA) is 26.0 Å².